The first kappa shape index (κ1) is 16.3. The molecule has 0 saturated carbocycles. The van der Waals surface area contributed by atoms with Crippen molar-refractivity contribution < 1.29 is 19.4 Å². The van der Waals surface area contributed by atoms with Crippen LogP contribution in [-0.2, 0) is 4.74 Å². The molecule has 0 spiro atoms. The number of methoxy groups -OCH3 is 1. The van der Waals surface area contributed by atoms with Gasteiger partial charge in [-0.15, -0.1) is 0 Å². The lowest BCUT2D eigenvalue weighted by Gasteiger charge is -2.18. The maximum atomic E-state index is 11.4. The van der Waals surface area contributed by atoms with Gasteiger partial charge in [-0.25, -0.2) is 10.2 Å². The third-order valence-electron chi connectivity index (χ3n) is 2.06. The highest BCUT2D eigenvalue weighted by atomic mass is 79.9. The quantitative estimate of drug-likeness (QED) is 0.652. The highest BCUT2D eigenvalue weighted by molar-refractivity contribution is 9.10. The Morgan fingerprint density at radius 1 is 1.45 bits per heavy atom. The van der Waals surface area contributed by atoms with E-state index >= 15 is 0 Å². The van der Waals surface area contributed by atoms with E-state index in [9.17, 15) is 9.90 Å². The van der Waals surface area contributed by atoms with Gasteiger partial charge in [-0.2, -0.15) is 5.10 Å². The Morgan fingerprint density at radius 3 is 2.65 bits per heavy atom. The van der Waals surface area contributed by atoms with Gasteiger partial charge in [0.1, 0.15) is 5.60 Å². The van der Waals surface area contributed by atoms with Gasteiger partial charge in [0.25, 0.3) is 0 Å². The van der Waals surface area contributed by atoms with Crippen molar-refractivity contribution >= 4 is 28.2 Å². The second kappa shape index (κ2) is 6.60. The number of nitrogens with zero attached hydrogens (tertiary/aromatic N) is 1. The van der Waals surface area contributed by atoms with Crippen molar-refractivity contribution in [3.8, 4) is 11.5 Å². The van der Waals surface area contributed by atoms with Crippen LogP contribution in [0.25, 0.3) is 0 Å². The lowest BCUT2D eigenvalue weighted by Crippen LogP contribution is -2.29. The Balaban J connectivity index is 2.72. The number of hydrogen-bond donors (Lipinski definition) is 2. The SMILES string of the molecule is COc1cc(Br)c(/C=N\NC(=O)OC(C)(C)C)cc1O. The lowest BCUT2D eigenvalue weighted by molar-refractivity contribution is 0.0529. The van der Waals surface area contributed by atoms with E-state index in [1.54, 1.807) is 26.8 Å². The third-order valence-corrected chi connectivity index (χ3v) is 2.74. The zero-order valence-corrected chi connectivity index (χ0v) is 13.3. The number of rotatable bonds is 3. The van der Waals surface area contributed by atoms with Crippen molar-refractivity contribution in [2.24, 2.45) is 5.10 Å². The van der Waals surface area contributed by atoms with Crippen LogP contribution in [0.15, 0.2) is 21.7 Å². The first-order chi connectivity index (χ1) is 9.23. The summed E-state index contributed by atoms with van der Waals surface area (Å²) in [6, 6.07) is 3.06. The van der Waals surface area contributed by atoms with E-state index in [1.165, 1.54) is 19.4 Å². The van der Waals surface area contributed by atoms with E-state index < -0.39 is 11.7 Å². The fourth-order valence-corrected chi connectivity index (χ4v) is 1.70. The molecule has 1 rings (SSSR count). The average molecular weight is 345 g/mol. The van der Waals surface area contributed by atoms with E-state index in [0.717, 1.165) is 0 Å². The Labute approximate surface area is 125 Å². The molecule has 2 N–H and O–H groups in total. The largest absolute Gasteiger partial charge is 0.504 e. The van der Waals surface area contributed by atoms with Crippen LogP contribution in [0.4, 0.5) is 4.79 Å². The van der Waals surface area contributed by atoms with Crippen LogP contribution in [0.2, 0.25) is 0 Å². The molecule has 6 nitrogen and oxygen atoms in total. The van der Waals surface area contributed by atoms with Crippen molar-refractivity contribution in [2.75, 3.05) is 7.11 Å². The molecule has 0 aliphatic rings. The van der Waals surface area contributed by atoms with Crippen LogP contribution in [0.1, 0.15) is 26.3 Å². The van der Waals surface area contributed by atoms with Gasteiger partial charge in [0.05, 0.1) is 13.3 Å². The minimum atomic E-state index is -0.650. The molecule has 0 aliphatic heterocycles. The molecule has 110 valence electrons. The fraction of sp³-hybridized carbons (Fsp3) is 0.385. The Bertz CT molecular complexity index is 524. The van der Waals surface area contributed by atoms with Crippen molar-refractivity contribution in [3.05, 3.63) is 22.2 Å². The Morgan fingerprint density at radius 2 is 2.10 bits per heavy atom. The zero-order chi connectivity index (χ0) is 15.3. The number of phenols is 1. The second-order valence-corrected chi connectivity index (χ2v) is 5.77. The molecule has 7 heteroatoms. The first-order valence-electron chi connectivity index (χ1n) is 5.81. The predicted octanol–water partition coefficient (Wildman–Crippen LogP) is 3.02. The first-order valence-corrected chi connectivity index (χ1v) is 6.61. The molecule has 20 heavy (non-hydrogen) atoms. The van der Waals surface area contributed by atoms with Crippen LogP contribution in [0.3, 0.4) is 0 Å². The topological polar surface area (TPSA) is 80.2 Å². The molecule has 0 atom stereocenters. The third kappa shape index (κ3) is 5.08. The van der Waals surface area contributed by atoms with E-state index in [-0.39, 0.29) is 5.75 Å². The van der Waals surface area contributed by atoms with Crippen LogP contribution in [0, 0.1) is 0 Å². The predicted molar refractivity (Wildman–Crippen MR) is 79.3 cm³/mol. The Hall–Kier alpha value is -1.76. The van der Waals surface area contributed by atoms with E-state index in [4.69, 9.17) is 9.47 Å². The number of benzene rings is 1. The number of carbonyl (C=O) groups excluding carboxylic acids is 1. The summed E-state index contributed by atoms with van der Waals surface area (Å²) in [4.78, 5) is 11.4. The molecule has 1 aromatic rings. The van der Waals surface area contributed by atoms with Gasteiger partial charge < -0.3 is 14.6 Å². The monoisotopic (exact) mass is 344 g/mol. The molecule has 0 unspecified atom stereocenters. The second-order valence-electron chi connectivity index (χ2n) is 4.92. The number of hydrazone groups is 1. The minimum Gasteiger partial charge on any atom is -0.504 e. The summed E-state index contributed by atoms with van der Waals surface area (Å²) in [7, 11) is 1.46. The maximum Gasteiger partial charge on any atom is 0.428 e. The van der Waals surface area contributed by atoms with E-state index in [2.05, 4.69) is 26.5 Å². The molecule has 0 aromatic heterocycles. The van der Waals surface area contributed by atoms with Gasteiger partial charge in [0.15, 0.2) is 11.5 Å². The van der Waals surface area contributed by atoms with Gasteiger partial charge in [-0.1, -0.05) is 0 Å². The highest BCUT2D eigenvalue weighted by Crippen LogP contribution is 2.31. The fourth-order valence-electron chi connectivity index (χ4n) is 1.28. The molecule has 0 radical (unpaired) electrons. The molecule has 1 aromatic carbocycles. The summed E-state index contributed by atoms with van der Waals surface area (Å²) >= 11 is 3.31. The number of halogens is 1. The van der Waals surface area contributed by atoms with Crippen molar-refractivity contribution in [1.29, 1.82) is 0 Å². The highest BCUT2D eigenvalue weighted by Gasteiger charge is 2.15. The number of nitrogens with one attached hydrogen (secondary N) is 1. The van der Waals surface area contributed by atoms with Crippen LogP contribution >= 0.6 is 15.9 Å². The molecule has 0 aliphatic carbocycles. The minimum absolute atomic E-state index is 0.0191. The average Bonchev–Trinajstić information content (AvgIpc) is 2.30. The number of phenolic OH excluding ortho intramolecular Hbond substituents is 1. The molecule has 1 amide bonds. The van der Waals surface area contributed by atoms with E-state index in [1.807, 2.05) is 0 Å². The standard InChI is InChI=1S/C13H17BrN2O4/c1-13(2,3)20-12(18)16-15-7-8-5-10(17)11(19-4)6-9(8)14/h5-7,17H,1-4H3,(H,16,18)/b15-7-. The van der Waals surface area contributed by atoms with Crippen molar-refractivity contribution in [3.63, 3.8) is 0 Å². The zero-order valence-electron chi connectivity index (χ0n) is 11.7. The van der Waals surface area contributed by atoms with Crippen molar-refractivity contribution in [2.45, 2.75) is 26.4 Å². The van der Waals surface area contributed by atoms with Gasteiger partial charge in [0.2, 0.25) is 0 Å². The number of aromatic hydroxyl groups is 1. The van der Waals surface area contributed by atoms with Crippen LogP contribution in [0.5, 0.6) is 11.5 Å². The van der Waals surface area contributed by atoms with Gasteiger partial charge in [-0.05, 0) is 48.8 Å². The summed E-state index contributed by atoms with van der Waals surface area (Å²) < 4.78 is 10.7. The van der Waals surface area contributed by atoms with Gasteiger partial charge in [0, 0.05) is 10.0 Å². The number of amides is 1. The van der Waals surface area contributed by atoms with E-state index in [0.29, 0.717) is 15.8 Å². The molecule has 0 saturated heterocycles. The summed E-state index contributed by atoms with van der Waals surface area (Å²) in [5.41, 5.74) is 2.24. The summed E-state index contributed by atoms with van der Waals surface area (Å²) in [5, 5.41) is 13.4. The molecular formula is C13H17BrN2O4. The van der Waals surface area contributed by atoms with Crippen molar-refractivity contribution in [1.82, 2.24) is 5.43 Å². The Kier molecular flexibility index (Phi) is 5.38. The summed E-state index contributed by atoms with van der Waals surface area (Å²) in [6.45, 7) is 5.27. The van der Waals surface area contributed by atoms with Gasteiger partial charge in [-0.3, -0.25) is 0 Å². The smallest absolute Gasteiger partial charge is 0.428 e. The number of carbonyl (C=O) groups is 1. The van der Waals surface area contributed by atoms with Crippen LogP contribution < -0.4 is 10.2 Å². The molecule has 0 heterocycles. The summed E-state index contributed by atoms with van der Waals surface area (Å²) in [6.07, 6.45) is 0.732. The normalized spacial score (nSPS) is 11.4. The number of ether oxygens (including phenoxy) is 2. The molecule has 0 fully saturated rings. The summed E-state index contributed by atoms with van der Waals surface area (Å²) in [5.74, 6) is 0.323. The molecule has 0 bridgehead atoms. The van der Waals surface area contributed by atoms with Gasteiger partial charge >= 0.3 is 6.09 Å². The van der Waals surface area contributed by atoms with Crippen LogP contribution in [-0.4, -0.2) is 30.1 Å². The lowest BCUT2D eigenvalue weighted by atomic mass is 10.2. The maximum absolute atomic E-state index is 11.4. The number of hydrogen-bond acceptors (Lipinski definition) is 5. The molecular weight excluding hydrogens is 328 g/mol.